The number of nitro groups is 1. The Balaban J connectivity index is 2.17. The van der Waals surface area contributed by atoms with Gasteiger partial charge in [-0.1, -0.05) is 34.5 Å². The molecule has 0 saturated carbocycles. The van der Waals surface area contributed by atoms with Gasteiger partial charge in [0.05, 0.1) is 31.6 Å². The number of carbonyl (C=O) groups excluding carboxylic acids is 2. The predicted molar refractivity (Wildman–Crippen MR) is 107 cm³/mol. The van der Waals surface area contributed by atoms with E-state index in [9.17, 15) is 19.7 Å². The molecule has 0 atom stereocenters. The molecule has 0 radical (unpaired) electrons. The first kappa shape index (κ1) is 20.5. The van der Waals surface area contributed by atoms with Crippen LogP contribution < -0.4 is 4.80 Å². The Labute approximate surface area is 175 Å². The van der Waals surface area contributed by atoms with Gasteiger partial charge in [-0.25, -0.2) is 0 Å². The van der Waals surface area contributed by atoms with E-state index in [4.69, 9.17) is 27.9 Å². The number of ether oxygens (including phenoxy) is 1. The number of rotatable bonds is 5. The lowest BCUT2D eigenvalue weighted by atomic mass is 10.3. The van der Waals surface area contributed by atoms with Crippen LogP contribution in [0, 0.1) is 10.1 Å². The molecule has 2 heterocycles. The summed E-state index contributed by atoms with van der Waals surface area (Å²) >= 11 is 14.0. The predicted octanol–water partition coefficient (Wildman–Crippen LogP) is 4.28. The van der Waals surface area contributed by atoms with Crippen molar-refractivity contribution >= 4 is 73.7 Å². The van der Waals surface area contributed by atoms with Crippen LogP contribution in [-0.2, 0) is 16.1 Å². The highest BCUT2D eigenvalue weighted by atomic mass is 35.5. The Morgan fingerprint density at radius 2 is 2.04 bits per heavy atom. The molecule has 0 N–H and O–H groups in total. The van der Waals surface area contributed by atoms with Crippen molar-refractivity contribution in [3.8, 4) is 0 Å². The smallest absolute Gasteiger partial charge is 0.326 e. The molecule has 0 bridgehead atoms. The summed E-state index contributed by atoms with van der Waals surface area (Å²) in [5, 5.41) is 11.1. The van der Waals surface area contributed by atoms with E-state index < -0.39 is 16.8 Å². The van der Waals surface area contributed by atoms with Gasteiger partial charge in [0.25, 0.3) is 11.6 Å². The van der Waals surface area contributed by atoms with Gasteiger partial charge in [0.15, 0.2) is 4.80 Å². The SMILES string of the molecule is CCOC(=O)Cn1c(=NC(=O)c2cc(Cl)sc2Cl)sc2ccc([N+](=O)[O-])cc21. The third-order valence-electron chi connectivity index (χ3n) is 3.55. The Hall–Kier alpha value is -2.27. The van der Waals surface area contributed by atoms with E-state index in [1.165, 1.54) is 28.8 Å². The molecule has 1 aromatic carbocycles. The van der Waals surface area contributed by atoms with Crippen LogP contribution in [0.25, 0.3) is 10.2 Å². The lowest BCUT2D eigenvalue weighted by molar-refractivity contribution is -0.384. The largest absolute Gasteiger partial charge is 0.465 e. The summed E-state index contributed by atoms with van der Waals surface area (Å²) in [7, 11) is 0. The van der Waals surface area contributed by atoms with Crippen LogP contribution in [0.1, 0.15) is 17.3 Å². The van der Waals surface area contributed by atoms with E-state index in [2.05, 4.69) is 4.99 Å². The van der Waals surface area contributed by atoms with Crippen molar-refractivity contribution in [2.24, 2.45) is 4.99 Å². The maximum Gasteiger partial charge on any atom is 0.326 e. The van der Waals surface area contributed by atoms with Crippen molar-refractivity contribution in [2.45, 2.75) is 13.5 Å². The third kappa shape index (κ3) is 4.25. The molecule has 28 heavy (non-hydrogen) atoms. The summed E-state index contributed by atoms with van der Waals surface area (Å²) in [5.41, 5.74) is 0.393. The van der Waals surface area contributed by atoms with Gasteiger partial charge in [-0.2, -0.15) is 4.99 Å². The maximum atomic E-state index is 12.5. The molecule has 12 heteroatoms. The molecule has 0 saturated heterocycles. The second-order valence-electron chi connectivity index (χ2n) is 5.34. The zero-order valence-corrected chi connectivity index (χ0v) is 17.3. The molecule has 2 aromatic heterocycles. The minimum Gasteiger partial charge on any atom is -0.465 e. The molecule has 8 nitrogen and oxygen atoms in total. The van der Waals surface area contributed by atoms with E-state index in [0.717, 1.165) is 22.7 Å². The number of carbonyl (C=O) groups is 2. The number of hydrogen-bond acceptors (Lipinski definition) is 7. The van der Waals surface area contributed by atoms with Crippen LogP contribution in [0.3, 0.4) is 0 Å². The van der Waals surface area contributed by atoms with Crippen molar-refractivity contribution in [3.05, 3.63) is 53.4 Å². The Bertz CT molecular complexity index is 1160. The van der Waals surface area contributed by atoms with Crippen molar-refractivity contribution in [2.75, 3.05) is 6.61 Å². The van der Waals surface area contributed by atoms with Gasteiger partial charge in [-0.15, -0.1) is 11.3 Å². The van der Waals surface area contributed by atoms with E-state index in [0.29, 0.717) is 14.6 Å². The molecule has 0 unspecified atom stereocenters. The molecule has 0 fully saturated rings. The molecular weight excluding hydrogens is 449 g/mol. The van der Waals surface area contributed by atoms with Gasteiger partial charge < -0.3 is 9.30 Å². The number of hydrogen-bond donors (Lipinski definition) is 0. The van der Waals surface area contributed by atoms with Crippen LogP contribution in [-0.4, -0.2) is 28.0 Å². The normalized spacial score (nSPS) is 11.8. The first-order valence-corrected chi connectivity index (χ1v) is 10.2. The first-order valence-electron chi connectivity index (χ1n) is 7.77. The number of aromatic nitrogens is 1. The summed E-state index contributed by atoms with van der Waals surface area (Å²) < 4.78 is 7.53. The van der Waals surface area contributed by atoms with Gasteiger partial charge in [0, 0.05) is 12.1 Å². The Kier molecular flexibility index (Phi) is 6.14. The average molecular weight is 460 g/mol. The Morgan fingerprint density at radius 1 is 1.29 bits per heavy atom. The van der Waals surface area contributed by atoms with Crippen molar-refractivity contribution < 1.29 is 19.2 Å². The second kappa shape index (κ2) is 8.39. The molecule has 1 amide bonds. The fraction of sp³-hybridized carbons (Fsp3) is 0.188. The Morgan fingerprint density at radius 3 is 2.64 bits per heavy atom. The van der Waals surface area contributed by atoms with Crippen LogP contribution in [0.4, 0.5) is 5.69 Å². The van der Waals surface area contributed by atoms with Gasteiger partial charge in [0.1, 0.15) is 10.9 Å². The fourth-order valence-electron chi connectivity index (χ4n) is 2.38. The molecular formula is C16H11Cl2N3O5S2. The number of nitro benzene ring substituents is 1. The van der Waals surface area contributed by atoms with E-state index in [1.807, 2.05) is 0 Å². The van der Waals surface area contributed by atoms with Gasteiger partial charge in [-0.3, -0.25) is 19.7 Å². The molecule has 3 rings (SSSR count). The summed E-state index contributed by atoms with van der Waals surface area (Å²) in [6.07, 6.45) is 0. The highest BCUT2D eigenvalue weighted by Crippen LogP contribution is 2.31. The lowest BCUT2D eigenvalue weighted by Gasteiger charge is -2.05. The van der Waals surface area contributed by atoms with Crippen molar-refractivity contribution in [3.63, 3.8) is 0 Å². The van der Waals surface area contributed by atoms with Gasteiger partial charge >= 0.3 is 5.97 Å². The van der Waals surface area contributed by atoms with Crippen LogP contribution in [0.2, 0.25) is 8.67 Å². The van der Waals surface area contributed by atoms with E-state index in [-0.39, 0.29) is 33.5 Å². The maximum absolute atomic E-state index is 12.5. The highest BCUT2D eigenvalue weighted by Gasteiger charge is 2.18. The van der Waals surface area contributed by atoms with E-state index in [1.54, 1.807) is 6.92 Å². The van der Waals surface area contributed by atoms with Crippen LogP contribution >= 0.6 is 45.9 Å². The number of halogens is 2. The van der Waals surface area contributed by atoms with Crippen molar-refractivity contribution in [1.29, 1.82) is 0 Å². The molecule has 0 aliphatic heterocycles. The van der Waals surface area contributed by atoms with Crippen molar-refractivity contribution in [1.82, 2.24) is 4.57 Å². The first-order chi connectivity index (χ1) is 13.3. The quantitative estimate of drug-likeness (QED) is 0.321. The zero-order valence-electron chi connectivity index (χ0n) is 14.2. The molecule has 3 aromatic rings. The van der Waals surface area contributed by atoms with Gasteiger partial charge in [-0.05, 0) is 19.1 Å². The monoisotopic (exact) mass is 459 g/mol. The number of amides is 1. The number of non-ortho nitro benzene ring substituents is 1. The molecule has 0 aliphatic carbocycles. The molecule has 146 valence electrons. The topological polar surface area (TPSA) is 104 Å². The number of esters is 1. The molecule has 0 spiro atoms. The number of nitrogens with zero attached hydrogens (tertiary/aromatic N) is 3. The van der Waals surface area contributed by atoms with Gasteiger partial charge in [0.2, 0.25) is 0 Å². The number of fused-ring (bicyclic) bond motifs is 1. The zero-order chi connectivity index (χ0) is 20.4. The highest BCUT2D eigenvalue weighted by molar-refractivity contribution is 7.20. The minimum absolute atomic E-state index is 0.141. The summed E-state index contributed by atoms with van der Waals surface area (Å²) in [5.74, 6) is -1.19. The minimum atomic E-state index is -0.633. The van der Waals surface area contributed by atoms with E-state index >= 15 is 0 Å². The summed E-state index contributed by atoms with van der Waals surface area (Å²) in [6.45, 7) is 1.59. The second-order valence-corrected chi connectivity index (χ2v) is 8.63. The average Bonchev–Trinajstić information content (AvgIpc) is 3.14. The van der Waals surface area contributed by atoms with Crippen LogP contribution in [0.15, 0.2) is 29.3 Å². The fourth-order valence-corrected chi connectivity index (χ4v) is 4.83. The van der Waals surface area contributed by atoms with Crippen LogP contribution in [0.5, 0.6) is 0 Å². The summed E-state index contributed by atoms with van der Waals surface area (Å²) in [4.78, 5) is 39.3. The number of thiophene rings is 1. The summed E-state index contributed by atoms with van der Waals surface area (Å²) in [6, 6.07) is 5.61. The lowest BCUT2D eigenvalue weighted by Crippen LogP contribution is -2.23. The number of benzene rings is 1. The third-order valence-corrected chi connectivity index (χ3v) is 6.10. The molecule has 0 aliphatic rings. The number of thiazole rings is 1. The standard InChI is InChI=1S/C16H11Cl2N3O5S2/c1-2-26-13(22)7-20-10-5-8(21(24)25)3-4-11(10)27-16(20)19-15(23)9-6-12(17)28-14(9)18/h3-6H,2,7H2,1H3.